The van der Waals surface area contributed by atoms with Crippen LogP contribution in [0, 0.1) is 0 Å². The number of aromatic carboxylic acids is 1. The highest BCUT2D eigenvalue weighted by molar-refractivity contribution is 6.34. The summed E-state index contributed by atoms with van der Waals surface area (Å²) in [7, 11) is 0. The number of hydrogen-bond acceptors (Lipinski definition) is 3. The van der Waals surface area contributed by atoms with Gasteiger partial charge in [-0.1, -0.05) is 17.7 Å². The fourth-order valence-electron chi connectivity index (χ4n) is 1.22. The van der Waals surface area contributed by atoms with Gasteiger partial charge in [-0.25, -0.2) is 9.78 Å². The molecule has 0 aliphatic rings. The average molecular weight is 225 g/mol. The Morgan fingerprint density at radius 3 is 2.87 bits per heavy atom. The molecule has 0 saturated heterocycles. The summed E-state index contributed by atoms with van der Waals surface area (Å²) in [4.78, 5) is 28.0. The van der Waals surface area contributed by atoms with Gasteiger partial charge in [0.1, 0.15) is 5.52 Å². The first kappa shape index (κ1) is 9.67. The maximum absolute atomic E-state index is 11.2. The van der Waals surface area contributed by atoms with E-state index in [4.69, 9.17) is 16.7 Å². The molecule has 1 heterocycles. The Hall–Kier alpha value is -1.88. The van der Waals surface area contributed by atoms with Crippen molar-refractivity contribution in [2.75, 3.05) is 0 Å². The molecule has 5 nitrogen and oxygen atoms in total. The minimum Gasteiger partial charge on any atom is -0.476 e. The first-order valence-corrected chi connectivity index (χ1v) is 4.39. The van der Waals surface area contributed by atoms with Gasteiger partial charge in [0.05, 0.1) is 10.5 Å². The molecule has 2 rings (SSSR count). The van der Waals surface area contributed by atoms with Crippen molar-refractivity contribution in [3.8, 4) is 0 Å². The zero-order chi connectivity index (χ0) is 11.0. The minimum absolute atomic E-state index is 0.274. The summed E-state index contributed by atoms with van der Waals surface area (Å²) in [5.74, 6) is -1.38. The summed E-state index contributed by atoms with van der Waals surface area (Å²) in [5, 5.41) is 8.99. The third kappa shape index (κ3) is 1.57. The number of fused-ring (bicyclic) bond motifs is 1. The number of carboxylic acids is 1. The molecule has 2 aromatic rings. The summed E-state index contributed by atoms with van der Waals surface area (Å²) >= 11 is 5.81. The summed E-state index contributed by atoms with van der Waals surface area (Å²) < 4.78 is 0. The van der Waals surface area contributed by atoms with Crippen molar-refractivity contribution in [2.45, 2.75) is 0 Å². The normalized spacial score (nSPS) is 10.5. The molecule has 0 aliphatic carbocycles. The van der Waals surface area contributed by atoms with Gasteiger partial charge in [-0.05, 0) is 12.1 Å². The molecule has 2 N–H and O–H groups in total. The molecule has 1 aromatic carbocycles. The van der Waals surface area contributed by atoms with E-state index in [9.17, 15) is 9.59 Å². The van der Waals surface area contributed by atoms with E-state index in [2.05, 4.69) is 9.97 Å². The van der Waals surface area contributed by atoms with Gasteiger partial charge in [0.15, 0.2) is 0 Å². The zero-order valence-corrected chi connectivity index (χ0v) is 8.08. The summed E-state index contributed by atoms with van der Waals surface area (Å²) in [6.45, 7) is 0. The Balaban J connectivity index is 2.90. The predicted octanol–water partition coefficient (Wildman–Crippen LogP) is 1.27. The molecular weight excluding hydrogens is 220 g/mol. The van der Waals surface area contributed by atoms with Gasteiger partial charge in [-0.15, -0.1) is 0 Å². The van der Waals surface area contributed by atoms with Crippen LogP contribution < -0.4 is 5.56 Å². The SMILES string of the molecule is O=C(O)c1nc2c(Cl)cccc2[nH]c1=O. The first-order chi connectivity index (χ1) is 7.09. The lowest BCUT2D eigenvalue weighted by Gasteiger charge is -2.00. The molecule has 0 spiro atoms. The molecule has 15 heavy (non-hydrogen) atoms. The molecule has 0 unspecified atom stereocenters. The smallest absolute Gasteiger partial charge is 0.360 e. The highest BCUT2D eigenvalue weighted by atomic mass is 35.5. The fraction of sp³-hybridized carbons (Fsp3) is 0. The van der Waals surface area contributed by atoms with Crippen LogP contribution in [0.15, 0.2) is 23.0 Å². The lowest BCUT2D eigenvalue weighted by Crippen LogP contribution is -2.19. The van der Waals surface area contributed by atoms with Crippen LogP contribution in [-0.4, -0.2) is 21.0 Å². The van der Waals surface area contributed by atoms with Crippen LogP contribution in [0.1, 0.15) is 10.5 Å². The number of carbonyl (C=O) groups is 1. The maximum atomic E-state index is 11.2. The van der Waals surface area contributed by atoms with E-state index < -0.39 is 17.2 Å². The Morgan fingerprint density at radius 1 is 1.47 bits per heavy atom. The summed E-state index contributed by atoms with van der Waals surface area (Å²) in [6.07, 6.45) is 0. The van der Waals surface area contributed by atoms with E-state index >= 15 is 0 Å². The van der Waals surface area contributed by atoms with Crippen LogP contribution in [0.3, 0.4) is 0 Å². The molecule has 0 aliphatic heterocycles. The number of nitrogens with one attached hydrogen (secondary N) is 1. The molecule has 1 aromatic heterocycles. The van der Waals surface area contributed by atoms with Crippen LogP contribution in [0.2, 0.25) is 5.02 Å². The third-order valence-electron chi connectivity index (χ3n) is 1.88. The summed E-state index contributed by atoms with van der Waals surface area (Å²) in [5.41, 5.74) is -0.610. The number of H-pyrrole nitrogens is 1. The number of hydrogen-bond donors (Lipinski definition) is 2. The molecule has 0 radical (unpaired) electrons. The Labute approximate surface area is 88.3 Å². The zero-order valence-electron chi connectivity index (χ0n) is 7.32. The fourth-order valence-corrected chi connectivity index (χ4v) is 1.44. The topological polar surface area (TPSA) is 83.0 Å². The molecular formula is C9H5ClN2O3. The van der Waals surface area contributed by atoms with Gasteiger partial charge >= 0.3 is 5.97 Å². The Kier molecular flexibility index (Phi) is 2.17. The van der Waals surface area contributed by atoms with Gasteiger partial charge in [0, 0.05) is 0 Å². The molecule has 0 amide bonds. The van der Waals surface area contributed by atoms with Crippen LogP contribution in [0.4, 0.5) is 0 Å². The van der Waals surface area contributed by atoms with Gasteiger partial charge in [-0.2, -0.15) is 0 Å². The predicted molar refractivity (Wildman–Crippen MR) is 54.3 cm³/mol. The number of aromatic amines is 1. The van der Waals surface area contributed by atoms with Crippen molar-refractivity contribution >= 4 is 28.6 Å². The highest BCUT2D eigenvalue weighted by Crippen LogP contribution is 2.18. The van der Waals surface area contributed by atoms with Gasteiger partial charge in [-0.3, -0.25) is 4.79 Å². The van der Waals surface area contributed by atoms with E-state index in [-0.39, 0.29) is 5.52 Å². The number of nitrogens with zero attached hydrogens (tertiary/aromatic N) is 1. The number of halogens is 1. The average Bonchev–Trinajstić information content (AvgIpc) is 2.16. The lowest BCUT2D eigenvalue weighted by molar-refractivity contribution is 0.0689. The van der Waals surface area contributed by atoms with E-state index in [0.717, 1.165) is 0 Å². The van der Waals surface area contributed by atoms with E-state index in [1.165, 1.54) is 0 Å². The Bertz CT molecular complexity index is 606. The maximum Gasteiger partial charge on any atom is 0.360 e. The standard InChI is InChI=1S/C9H5ClN2O3/c10-4-2-1-3-5-6(4)12-7(9(14)15)8(13)11-5/h1-3H,(H,11,13)(H,14,15). The van der Waals surface area contributed by atoms with Crippen LogP contribution >= 0.6 is 11.6 Å². The van der Waals surface area contributed by atoms with E-state index in [1.807, 2.05) is 0 Å². The Morgan fingerprint density at radius 2 is 2.20 bits per heavy atom. The number of para-hydroxylation sites is 1. The van der Waals surface area contributed by atoms with Crippen molar-refractivity contribution < 1.29 is 9.90 Å². The quantitative estimate of drug-likeness (QED) is 0.764. The third-order valence-corrected chi connectivity index (χ3v) is 2.18. The highest BCUT2D eigenvalue weighted by Gasteiger charge is 2.12. The van der Waals surface area contributed by atoms with Gasteiger partial charge < -0.3 is 10.1 Å². The number of carboxylic acid groups (broad SMARTS) is 1. The van der Waals surface area contributed by atoms with Crippen LogP contribution in [0.25, 0.3) is 11.0 Å². The second-order valence-electron chi connectivity index (χ2n) is 2.86. The molecule has 76 valence electrons. The lowest BCUT2D eigenvalue weighted by atomic mass is 10.3. The van der Waals surface area contributed by atoms with Crippen molar-refractivity contribution in [1.82, 2.24) is 9.97 Å². The number of benzene rings is 1. The first-order valence-electron chi connectivity index (χ1n) is 4.01. The van der Waals surface area contributed by atoms with Crippen molar-refractivity contribution in [3.05, 3.63) is 39.3 Å². The number of rotatable bonds is 1. The van der Waals surface area contributed by atoms with E-state index in [1.54, 1.807) is 18.2 Å². The second-order valence-corrected chi connectivity index (χ2v) is 3.26. The molecule has 0 atom stereocenters. The van der Waals surface area contributed by atoms with Crippen LogP contribution in [0.5, 0.6) is 0 Å². The van der Waals surface area contributed by atoms with E-state index in [0.29, 0.717) is 10.5 Å². The largest absolute Gasteiger partial charge is 0.476 e. The minimum atomic E-state index is -1.38. The van der Waals surface area contributed by atoms with Gasteiger partial charge in [0.2, 0.25) is 5.69 Å². The molecule has 6 heteroatoms. The summed E-state index contributed by atoms with van der Waals surface area (Å²) in [6, 6.07) is 4.81. The second kappa shape index (κ2) is 3.36. The monoisotopic (exact) mass is 224 g/mol. The van der Waals surface area contributed by atoms with Crippen molar-refractivity contribution in [3.63, 3.8) is 0 Å². The van der Waals surface area contributed by atoms with Crippen LogP contribution in [-0.2, 0) is 0 Å². The number of aromatic nitrogens is 2. The van der Waals surface area contributed by atoms with Crippen molar-refractivity contribution in [2.24, 2.45) is 0 Å². The van der Waals surface area contributed by atoms with Crippen molar-refractivity contribution in [1.29, 1.82) is 0 Å². The molecule has 0 saturated carbocycles. The van der Waals surface area contributed by atoms with Gasteiger partial charge in [0.25, 0.3) is 5.56 Å². The molecule has 0 bridgehead atoms. The molecule has 0 fully saturated rings.